The molecule has 1 N–H and O–H groups in total. The van der Waals surface area contributed by atoms with Gasteiger partial charge in [-0.2, -0.15) is 0 Å². The summed E-state index contributed by atoms with van der Waals surface area (Å²) in [5.74, 6) is 1.46. The van der Waals surface area contributed by atoms with Crippen LogP contribution < -0.4 is 10.1 Å². The molecule has 0 saturated carbocycles. The fourth-order valence-corrected chi connectivity index (χ4v) is 2.00. The number of nitrogens with zero attached hydrogens (tertiary/aromatic N) is 1. The lowest BCUT2D eigenvalue weighted by atomic mass is 10.2. The average Bonchev–Trinajstić information content (AvgIpc) is 2.78. The van der Waals surface area contributed by atoms with Crippen LogP contribution in [0.4, 0.5) is 5.69 Å². The van der Waals surface area contributed by atoms with E-state index in [9.17, 15) is 0 Å². The SMILES string of the molecule is CC(C)Oc1ncccc1NC(C)c1ccc(Br)o1. The van der Waals surface area contributed by atoms with Crippen LogP contribution in [-0.4, -0.2) is 11.1 Å². The van der Waals surface area contributed by atoms with Crippen molar-refractivity contribution in [2.24, 2.45) is 0 Å². The summed E-state index contributed by atoms with van der Waals surface area (Å²) in [5.41, 5.74) is 0.858. The number of hydrogen-bond donors (Lipinski definition) is 1. The highest BCUT2D eigenvalue weighted by molar-refractivity contribution is 9.10. The number of ether oxygens (including phenoxy) is 1. The lowest BCUT2D eigenvalue weighted by Crippen LogP contribution is -2.11. The summed E-state index contributed by atoms with van der Waals surface area (Å²) < 4.78 is 11.9. The van der Waals surface area contributed by atoms with Crippen molar-refractivity contribution >= 4 is 21.6 Å². The van der Waals surface area contributed by atoms with Crippen LogP contribution >= 0.6 is 15.9 Å². The van der Waals surface area contributed by atoms with E-state index in [4.69, 9.17) is 9.15 Å². The van der Waals surface area contributed by atoms with Crippen LogP contribution in [0.25, 0.3) is 0 Å². The highest BCUT2D eigenvalue weighted by Crippen LogP contribution is 2.28. The molecule has 0 aliphatic carbocycles. The minimum Gasteiger partial charge on any atom is -0.473 e. The zero-order valence-corrected chi connectivity index (χ0v) is 12.8. The fourth-order valence-electron chi connectivity index (χ4n) is 1.68. The van der Waals surface area contributed by atoms with E-state index in [0.29, 0.717) is 5.88 Å². The molecule has 2 aromatic heterocycles. The van der Waals surface area contributed by atoms with Gasteiger partial charge in [0.05, 0.1) is 17.8 Å². The van der Waals surface area contributed by atoms with Crippen LogP contribution in [0.3, 0.4) is 0 Å². The van der Waals surface area contributed by atoms with Crippen LogP contribution in [0.15, 0.2) is 39.5 Å². The van der Waals surface area contributed by atoms with Gasteiger partial charge in [0.15, 0.2) is 4.67 Å². The van der Waals surface area contributed by atoms with Gasteiger partial charge in [0, 0.05) is 6.20 Å². The highest BCUT2D eigenvalue weighted by atomic mass is 79.9. The lowest BCUT2D eigenvalue weighted by Gasteiger charge is -2.17. The first-order chi connectivity index (χ1) is 9.06. The van der Waals surface area contributed by atoms with Gasteiger partial charge in [0.1, 0.15) is 5.76 Å². The molecule has 0 radical (unpaired) electrons. The largest absolute Gasteiger partial charge is 0.473 e. The minimum atomic E-state index is 0.0324. The summed E-state index contributed by atoms with van der Waals surface area (Å²) >= 11 is 3.30. The monoisotopic (exact) mass is 324 g/mol. The van der Waals surface area contributed by atoms with Gasteiger partial charge in [-0.15, -0.1) is 0 Å². The van der Waals surface area contributed by atoms with Gasteiger partial charge in [-0.1, -0.05) is 0 Å². The van der Waals surface area contributed by atoms with Gasteiger partial charge < -0.3 is 14.5 Å². The molecule has 0 amide bonds. The summed E-state index contributed by atoms with van der Waals surface area (Å²) in [6, 6.07) is 7.66. The Bertz CT molecular complexity index is 540. The van der Waals surface area contributed by atoms with Gasteiger partial charge >= 0.3 is 0 Å². The molecule has 5 heteroatoms. The van der Waals surface area contributed by atoms with Crippen LogP contribution in [0.1, 0.15) is 32.6 Å². The Hall–Kier alpha value is -1.49. The molecule has 1 unspecified atom stereocenters. The highest BCUT2D eigenvalue weighted by Gasteiger charge is 2.13. The van der Waals surface area contributed by atoms with Gasteiger partial charge in [-0.05, 0) is 61.0 Å². The minimum absolute atomic E-state index is 0.0324. The van der Waals surface area contributed by atoms with Crippen molar-refractivity contribution in [3.8, 4) is 5.88 Å². The summed E-state index contributed by atoms with van der Waals surface area (Å²) in [5, 5.41) is 3.34. The molecule has 4 nitrogen and oxygen atoms in total. The summed E-state index contributed by atoms with van der Waals surface area (Å²) in [4.78, 5) is 4.25. The molecule has 0 bridgehead atoms. The van der Waals surface area contributed by atoms with E-state index in [0.717, 1.165) is 16.1 Å². The molecule has 2 rings (SSSR count). The Labute approximate surface area is 121 Å². The third-order valence-corrected chi connectivity index (χ3v) is 2.94. The molecule has 0 spiro atoms. The molecule has 0 aliphatic heterocycles. The van der Waals surface area contributed by atoms with Gasteiger partial charge in [0.2, 0.25) is 5.88 Å². The van der Waals surface area contributed by atoms with Crippen LogP contribution in [0.5, 0.6) is 5.88 Å². The second-order valence-corrected chi connectivity index (χ2v) is 5.31. The third-order valence-electron chi connectivity index (χ3n) is 2.51. The lowest BCUT2D eigenvalue weighted by molar-refractivity contribution is 0.234. The van der Waals surface area contributed by atoms with Gasteiger partial charge in [-0.3, -0.25) is 0 Å². The maximum absolute atomic E-state index is 5.67. The number of furan rings is 1. The maximum Gasteiger partial charge on any atom is 0.237 e. The number of hydrogen-bond acceptors (Lipinski definition) is 4. The Kier molecular flexibility index (Phi) is 4.47. The van der Waals surface area contributed by atoms with E-state index in [1.807, 2.05) is 45.0 Å². The molecule has 0 aromatic carbocycles. The van der Waals surface area contributed by atoms with Crippen molar-refractivity contribution in [1.29, 1.82) is 0 Å². The topological polar surface area (TPSA) is 47.3 Å². The van der Waals surface area contributed by atoms with Crippen LogP contribution in [0.2, 0.25) is 0 Å². The smallest absolute Gasteiger partial charge is 0.237 e. The molecule has 19 heavy (non-hydrogen) atoms. The van der Waals surface area contributed by atoms with E-state index in [1.54, 1.807) is 6.20 Å². The quantitative estimate of drug-likeness (QED) is 0.885. The third kappa shape index (κ3) is 3.73. The van der Waals surface area contributed by atoms with Crippen molar-refractivity contribution in [2.45, 2.75) is 32.9 Å². The second kappa shape index (κ2) is 6.10. The van der Waals surface area contributed by atoms with Crippen LogP contribution in [0, 0.1) is 0 Å². The van der Waals surface area contributed by atoms with Crippen molar-refractivity contribution < 1.29 is 9.15 Å². The van der Waals surface area contributed by atoms with E-state index in [-0.39, 0.29) is 12.1 Å². The Morgan fingerprint density at radius 3 is 2.68 bits per heavy atom. The first-order valence-corrected chi connectivity index (χ1v) is 6.99. The molecule has 0 aliphatic rings. The number of rotatable bonds is 5. The van der Waals surface area contributed by atoms with E-state index in [2.05, 4.69) is 26.2 Å². The normalized spacial score (nSPS) is 12.5. The second-order valence-electron chi connectivity index (χ2n) is 4.53. The molecular weight excluding hydrogens is 308 g/mol. The summed E-state index contributed by atoms with van der Waals surface area (Å²) in [6.07, 6.45) is 1.81. The molecule has 2 aromatic rings. The Balaban J connectivity index is 2.14. The fraction of sp³-hybridized carbons (Fsp3) is 0.357. The van der Waals surface area contributed by atoms with E-state index in [1.165, 1.54) is 0 Å². The molecule has 0 fully saturated rings. The maximum atomic E-state index is 5.67. The Morgan fingerprint density at radius 1 is 1.26 bits per heavy atom. The predicted octanol–water partition coefficient (Wildman–Crippen LogP) is 4.40. The zero-order valence-electron chi connectivity index (χ0n) is 11.2. The number of aromatic nitrogens is 1. The van der Waals surface area contributed by atoms with E-state index < -0.39 is 0 Å². The number of anilines is 1. The summed E-state index contributed by atoms with van der Waals surface area (Å²) in [6.45, 7) is 5.98. The van der Waals surface area contributed by atoms with Crippen molar-refractivity contribution in [2.75, 3.05) is 5.32 Å². The predicted molar refractivity (Wildman–Crippen MR) is 78.4 cm³/mol. The summed E-state index contributed by atoms with van der Waals surface area (Å²) in [7, 11) is 0. The number of halogens is 1. The van der Waals surface area contributed by atoms with Crippen molar-refractivity contribution in [3.63, 3.8) is 0 Å². The van der Waals surface area contributed by atoms with Crippen molar-refractivity contribution in [1.82, 2.24) is 4.98 Å². The Morgan fingerprint density at radius 2 is 2.05 bits per heavy atom. The first kappa shape index (κ1) is 13.9. The van der Waals surface area contributed by atoms with Gasteiger partial charge in [0.25, 0.3) is 0 Å². The van der Waals surface area contributed by atoms with Crippen LogP contribution in [-0.2, 0) is 0 Å². The standard InChI is InChI=1S/C14H17BrN2O2/c1-9(2)18-14-11(5-4-8-16-14)17-10(3)12-6-7-13(15)19-12/h4-10,17H,1-3H3. The molecule has 2 heterocycles. The number of pyridine rings is 1. The average molecular weight is 325 g/mol. The van der Waals surface area contributed by atoms with Crippen molar-refractivity contribution in [3.05, 3.63) is 40.9 Å². The first-order valence-electron chi connectivity index (χ1n) is 6.19. The number of nitrogens with one attached hydrogen (secondary N) is 1. The zero-order chi connectivity index (χ0) is 13.8. The van der Waals surface area contributed by atoms with E-state index >= 15 is 0 Å². The molecule has 102 valence electrons. The molecular formula is C14H17BrN2O2. The van der Waals surface area contributed by atoms with Gasteiger partial charge in [-0.25, -0.2) is 4.98 Å². The molecule has 1 atom stereocenters. The molecule has 0 saturated heterocycles.